The van der Waals surface area contributed by atoms with Crippen molar-refractivity contribution in [1.82, 2.24) is 4.98 Å². The van der Waals surface area contributed by atoms with Crippen LogP contribution < -0.4 is 10.2 Å². The summed E-state index contributed by atoms with van der Waals surface area (Å²) >= 11 is 12.1. The third-order valence-corrected chi connectivity index (χ3v) is 5.28. The average molecular weight is 436 g/mol. The normalized spacial score (nSPS) is 14.5. The minimum atomic E-state index is -0.282. The van der Waals surface area contributed by atoms with E-state index in [4.69, 9.17) is 27.9 Å². The third-order valence-electron chi connectivity index (χ3n) is 4.84. The fourth-order valence-corrected chi connectivity index (χ4v) is 3.75. The third kappa shape index (κ3) is 5.84. The van der Waals surface area contributed by atoms with Gasteiger partial charge in [0.2, 0.25) is 0 Å². The van der Waals surface area contributed by atoms with E-state index in [1.807, 2.05) is 6.92 Å². The van der Waals surface area contributed by atoms with Gasteiger partial charge in [-0.3, -0.25) is 9.59 Å². The van der Waals surface area contributed by atoms with Crippen LogP contribution in [0, 0.1) is 5.92 Å². The van der Waals surface area contributed by atoms with Gasteiger partial charge in [0, 0.05) is 36.3 Å². The van der Waals surface area contributed by atoms with Crippen LogP contribution in [0.2, 0.25) is 10.0 Å². The predicted octanol–water partition coefficient (Wildman–Crippen LogP) is 4.81. The lowest BCUT2D eigenvalue weighted by molar-refractivity contribution is -0.144. The number of hydrogen-bond acceptors (Lipinski definition) is 5. The number of carbonyl (C=O) groups is 2. The van der Waals surface area contributed by atoms with Crippen molar-refractivity contribution in [3.63, 3.8) is 0 Å². The molecule has 0 radical (unpaired) electrons. The Labute approximate surface area is 180 Å². The van der Waals surface area contributed by atoms with Gasteiger partial charge in [-0.05, 0) is 49.9 Å². The molecule has 0 spiro atoms. The molecule has 1 N–H and O–H groups in total. The summed E-state index contributed by atoms with van der Waals surface area (Å²) in [5.41, 5.74) is 1.00. The summed E-state index contributed by atoms with van der Waals surface area (Å²) in [7, 11) is 0. The van der Waals surface area contributed by atoms with Crippen LogP contribution >= 0.6 is 23.2 Å². The summed E-state index contributed by atoms with van der Waals surface area (Å²) in [5.74, 6) is 0.529. The van der Waals surface area contributed by atoms with Gasteiger partial charge in [-0.2, -0.15) is 0 Å². The second-order valence-corrected chi connectivity index (χ2v) is 7.80. The number of pyridine rings is 1. The highest BCUT2D eigenvalue weighted by Gasteiger charge is 2.25. The Kier molecular flexibility index (Phi) is 7.34. The van der Waals surface area contributed by atoms with Gasteiger partial charge < -0.3 is 15.0 Å². The van der Waals surface area contributed by atoms with Crippen LogP contribution in [0.1, 0.15) is 36.5 Å². The van der Waals surface area contributed by atoms with Crippen LogP contribution in [-0.2, 0) is 9.53 Å². The van der Waals surface area contributed by atoms with Crippen LogP contribution in [0.4, 0.5) is 11.5 Å². The lowest BCUT2D eigenvalue weighted by Crippen LogP contribution is -2.35. The van der Waals surface area contributed by atoms with Gasteiger partial charge in [0.05, 0.1) is 17.3 Å². The Balaban J connectivity index is 1.69. The Morgan fingerprint density at radius 1 is 1.21 bits per heavy atom. The van der Waals surface area contributed by atoms with Gasteiger partial charge in [0.1, 0.15) is 0 Å². The molecule has 8 heteroatoms. The molecule has 154 valence electrons. The standard InChI is InChI=1S/C21H23Cl2N3O3/c1-2-29-19(27)10-14-6-8-26(9-7-14)20-18(12-17(23)13-24-20)25-21(28)15-4-3-5-16(22)11-15/h3-5,11-14H,2,6-10H2,1H3,(H,25,28). The molecule has 1 aromatic carbocycles. The number of amides is 1. The SMILES string of the molecule is CCOC(=O)CC1CCN(c2ncc(Cl)cc2NC(=O)c2cccc(Cl)c2)CC1. The fourth-order valence-electron chi connectivity index (χ4n) is 3.40. The highest BCUT2D eigenvalue weighted by atomic mass is 35.5. The first-order valence-electron chi connectivity index (χ1n) is 9.59. The van der Waals surface area contributed by atoms with E-state index in [1.54, 1.807) is 36.5 Å². The minimum absolute atomic E-state index is 0.148. The number of nitrogens with zero attached hydrogens (tertiary/aromatic N) is 2. The van der Waals surface area contributed by atoms with E-state index in [2.05, 4.69) is 15.2 Å². The van der Waals surface area contributed by atoms with E-state index >= 15 is 0 Å². The summed E-state index contributed by atoms with van der Waals surface area (Å²) < 4.78 is 5.05. The second-order valence-electron chi connectivity index (χ2n) is 6.93. The lowest BCUT2D eigenvalue weighted by atomic mass is 9.93. The van der Waals surface area contributed by atoms with Crippen molar-refractivity contribution in [3.8, 4) is 0 Å². The van der Waals surface area contributed by atoms with E-state index in [1.165, 1.54) is 0 Å². The molecule has 2 heterocycles. The molecule has 0 aliphatic carbocycles. The Morgan fingerprint density at radius 3 is 2.66 bits per heavy atom. The van der Waals surface area contributed by atoms with E-state index in [9.17, 15) is 9.59 Å². The number of nitrogens with one attached hydrogen (secondary N) is 1. The molecule has 1 fully saturated rings. The van der Waals surface area contributed by atoms with E-state index < -0.39 is 0 Å². The molecule has 1 aliphatic heterocycles. The molecular formula is C21H23Cl2N3O3. The lowest BCUT2D eigenvalue weighted by Gasteiger charge is -2.33. The molecule has 3 rings (SSSR count). The molecule has 0 unspecified atom stereocenters. The number of aromatic nitrogens is 1. The topological polar surface area (TPSA) is 71.5 Å². The Bertz CT molecular complexity index is 883. The zero-order valence-electron chi connectivity index (χ0n) is 16.2. The molecule has 2 aromatic rings. The van der Waals surface area contributed by atoms with E-state index in [0.29, 0.717) is 46.1 Å². The van der Waals surface area contributed by atoms with Crippen LogP contribution in [0.25, 0.3) is 0 Å². The molecular weight excluding hydrogens is 413 g/mol. The smallest absolute Gasteiger partial charge is 0.306 e. The summed E-state index contributed by atoms with van der Waals surface area (Å²) in [5, 5.41) is 3.82. The number of halogens is 2. The molecule has 0 atom stereocenters. The van der Waals surface area contributed by atoms with Crippen LogP contribution in [0.15, 0.2) is 36.5 Å². The molecule has 6 nitrogen and oxygen atoms in total. The number of rotatable bonds is 6. The average Bonchev–Trinajstić information content (AvgIpc) is 2.69. The minimum Gasteiger partial charge on any atom is -0.466 e. The zero-order chi connectivity index (χ0) is 20.8. The van der Waals surface area contributed by atoms with Crippen LogP contribution in [0.5, 0.6) is 0 Å². The first-order valence-corrected chi connectivity index (χ1v) is 10.3. The number of esters is 1. The van der Waals surface area contributed by atoms with Crippen molar-refractivity contribution in [2.24, 2.45) is 5.92 Å². The van der Waals surface area contributed by atoms with Crippen molar-refractivity contribution < 1.29 is 14.3 Å². The van der Waals surface area contributed by atoms with Gasteiger partial charge in [-0.15, -0.1) is 0 Å². The first kappa shape index (κ1) is 21.4. The quantitative estimate of drug-likeness (QED) is 0.658. The number of benzene rings is 1. The maximum absolute atomic E-state index is 12.6. The number of piperidine rings is 1. The summed E-state index contributed by atoms with van der Waals surface area (Å²) in [6, 6.07) is 8.43. The summed E-state index contributed by atoms with van der Waals surface area (Å²) in [6.45, 7) is 3.69. The molecule has 1 saturated heterocycles. The zero-order valence-corrected chi connectivity index (χ0v) is 17.7. The molecule has 1 aromatic heterocycles. The van der Waals surface area contributed by atoms with Gasteiger partial charge in [0.25, 0.3) is 5.91 Å². The molecule has 1 amide bonds. The Morgan fingerprint density at radius 2 is 1.97 bits per heavy atom. The number of hydrogen-bond donors (Lipinski definition) is 1. The monoisotopic (exact) mass is 435 g/mol. The van der Waals surface area contributed by atoms with E-state index in [0.717, 1.165) is 25.9 Å². The maximum atomic E-state index is 12.6. The van der Waals surface area contributed by atoms with Crippen molar-refractivity contribution in [3.05, 3.63) is 52.1 Å². The highest BCUT2D eigenvalue weighted by Crippen LogP contribution is 2.31. The molecule has 0 bridgehead atoms. The fraction of sp³-hybridized carbons (Fsp3) is 0.381. The Hall–Kier alpha value is -2.31. The van der Waals surface area contributed by atoms with Crippen molar-refractivity contribution in [2.45, 2.75) is 26.2 Å². The summed E-state index contributed by atoms with van der Waals surface area (Å²) in [4.78, 5) is 30.9. The van der Waals surface area contributed by atoms with Gasteiger partial charge >= 0.3 is 5.97 Å². The second kappa shape index (κ2) is 9.94. The predicted molar refractivity (Wildman–Crippen MR) is 115 cm³/mol. The van der Waals surface area contributed by atoms with Crippen LogP contribution in [-0.4, -0.2) is 36.6 Å². The van der Waals surface area contributed by atoms with Crippen LogP contribution in [0.3, 0.4) is 0 Å². The first-order chi connectivity index (χ1) is 14.0. The number of carbonyl (C=O) groups excluding carboxylic acids is 2. The largest absolute Gasteiger partial charge is 0.466 e. The van der Waals surface area contributed by atoms with Crippen molar-refractivity contribution in [1.29, 1.82) is 0 Å². The van der Waals surface area contributed by atoms with E-state index in [-0.39, 0.29) is 11.9 Å². The number of ether oxygens (including phenoxy) is 1. The van der Waals surface area contributed by atoms with Gasteiger partial charge in [-0.1, -0.05) is 29.3 Å². The van der Waals surface area contributed by atoms with Crippen molar-refractivity contribution >= 4 is 46.6 Å². The molecule has 0 saturated carbocycles. The molecule has 1 aliphatic rings. The van der Waals surface area contributed by atoms with Crippen molar-refractivity contribution in [2.75, 3.05) is 29.9 Å². The van der Waals surface area contributed by atoms with Gasteiger partial charge in [0.15, 0.2) is 5.82 Å². The number of anilines is 2. The highest BCUT2D eigenvalue weighted by molar-refractivity contribution is 6.31. The summed E-state index contributed by atoms with van der Waals surface area (Å²) in [6.07, 6.45) is 3.71. The molecule has 29 heavy (non-hydrogen) atoms. The maximum Gasteiger partial charge on any atom is 0.306 e. The van der Waals surface area contributed by atoms with Gasteiger partial charge in [-0.25, -0.2) is 4.98 Å².